The zero-order chi connectivity index (χ0) is 20.5. The third-order valence-electron chi connectivity index (χ3n) is 3.56. The van der Waals surface area contributed by atoms with Gasteiger partial charge in [0, 0.05) is 11.6 Å². The number of anilines is 1. The number of benzene rings is 1. The minimum Gasteiger partial charge on any atom is -0.494 e. The molecule has 1 N–H and O–H groups in total. The largest absolute Gasteiger partial charge is 0.494 e. The van der Waals surface area contributed by atoms with Gasteiger partial charge in [0.25, 0.3) is 5.91 Å². The van der Waals surface area contributed by atoms with Crippen molar-refractivity contribution >= 4 is 34.3 Å². The maximum Gasteiger partial charge on any atom is 0.340 e. The zero-order valence-electron chi connectivity index (χ0n) is 15.8. The molecule has 2 aromatic rings. The first-order chi connectivity index (χ1) is 13.5. The molecule has 1 amide bonds. The molecule has 0 bridgehead atoms. The smallest absolute Gasteiger partial charge is 0.340 e. The van der Waals surface area contributed by atoms with Crippen molar-refractivity contribution in [3.05, 3.63) is 46.3 Å². The molecule has 28 heavy (non-hydrogen) atoms. The number of thiophene rings is 1. The lowest BCUT2D eigenvalue weighted by atomic mass is 10.1. The van der Waals surface area contributed by atoms with Crippen LogP contribution in [0.3, 0.4) is 0 Å². The third kappa shape index (κ3) is 5.11. The maximum atomic E-state index is 12.5. The van der Waals surface area contributed by atoms with Gasteiger partial charge in [0.1, 0.15) is 28.1 Å². The monoisotopic (exact) mass is 400 g/mol. The van der Waals surface area contributed by atoms with Crippen molar-refractivity contribution in [3.63, 3.8) is 0 Å². The number of hydrogen-bond donors (Lipinski definition) is 1. The molecule has 0 spiro atoms. The molecule has 7 nitrogen and oxygen atoms in total. The van der Waals surface area contributed by atoms with Crippen LogP contribution < -0.4 is 14.8 Å². The SMILES string of the molecule is CCOc1ccc(C=C(C#N)C(=O)Nc2sccc2C(=O)OC)c(OCC)c1. The number of nitrogens with one attached hydrogen (secondary N) is 1. The number of methoxy groups -OCH3 is 1. The predicted octanol–water partition coefficient (Wildman–Crippen LogP) is 3.88. The van der Waals surface area contributed by atoms with Gasteiger partial charge in [-0.15, -0.1) is 11.3 Å². The molecule has 1 heterocycles. The minimum atomic E-state index is -0.633. The lowest BCUT2D eigenvalue weighted by molar-refractivity contribution is -0.112. The van der Waals surface area contributed by atoms with Gasteiger partial charge >= 0.3 is 5.97 Å². The number of carbonyl (C=O) groups is 2. The fourth-order valence-corrected chi connectivity index (χ4v) is 3.09. The molecule has 2 rings (SSSR count). The van der Waals surface area contributed by atoms with Crippen LogP contribution in [-0.2, 0) is 9.53 Å². The van der Waals surface area contributed by atoms with E-state index in [9.17, 15) is 14.9 Å². The number of rotatable bonds is 8. The Balaban J connectivity index is 2.31. The summed E-state index contributed by atoms with van der Waals surface area (Å²) in [4.78, 5) is 24.3. The van der Waals surface area contributed by atoms with Crippen LogP contribution in [0, 0.1) is 11.3 Å². The molecule has 0 atom stereocenters. The summed E-state index contributed by atoms with van der Waals surface area (Å²) < 4.78 is 15.7. The Hall–Kier alpha value is -3.31. The molecule has 0 aliphatic heterocycles. The van der Waals surface area contributed by atoms with E-state index in [0.29, 0.717) is 35.3 Å². The number of carbonyl (C=O) groups excluding carboxylic acids is 2. The van der Waals surface area contributed by atoms with E-state index in [1.165, 1.54) is 13.2 Å². The number of nitriles is 1. The summed E-state index contributed by atoms with van der Waals surface area (Å²) in [6.07, 6.45) is 1.43. The van der Waals surface area contributed by atoms with Gasteiger partial charge in [0.05, 0.1) is 25.9 Å². The zero-order valence-corrected chi connectivity index (χ0v) is 16.6. The first kappa shape index (κ1) is 21.0. The van der Waals surface area contributed by atoms with Crippen LogP contribution in [0.4, 0.5) is 5.00 Å². The Kier molecular flexibility index (Phi) is 7.60. The first-order valence-corrected chi connectivity index (χ1v) is 9.40. The van der Waals surface area contributed by atoms with Gasteiger partial charge in [-0.2, -0.15) is 5.26 Å². The summed E-state index contributed by atoms with van der Waals surface area (Å²) in [7, 11) is 1.26. The Morgan fingerprint density at radius 3 is 2.61 bits per heavy atom. The molecule has 0 saturated heterocycles. The predicted molar refractivity (Wildman–Crippen MR) is 107 cm³/mol. The highest BCUT2D eigenvalue weighted by molar-refractivity contribution is 7.14. The fraction of sp³-hybridized carbons (Fsp3) is 0.250. The van der Waals surface area contributed by atoms with Crippen molar-refractivity contribution < 1.29 is 23.8 Å². The van der Waals surface area contributed by atoms with E-state index in [-0.39, 0.29) is 11.1 Å². The molecular weight excluding hydrogens is 380 g/mol. The molecule has 0 radical (unpaired) electrons. The Labute approximate surface area is 167 Å². The molecule has 0 fully saturated rings. The summed E-state index contributed by atoms with van der Waals surface area (Å²) >= 11 is 1.16. The van der Waals surface area contributed by atoms with Crippen LogP contribution in [0.15, 0.2) is 35.2 Å². The van der Waals surface area contributed by atoms with E-state index in [1.54, 1.807) is 29.6 Å². The molecule has 1 aromatic carbocycles. The lowest BCUT2D eigenvalue weighted by Gasteiger charge is -2.11. The highest BCUT2D eigenvalue weighted by atomic mass is 32.1. The second kappa shape index (κ2) is 10.1. The third-order valence-corrected chi connectivity index (χ3v) is 4.39. The van der Waals surface area contributed by atoms with Gasteiger partial charge in [0.2, 0.25) is 0 Å². The topological polar surface area (TPSA) is 97.7 Å². The molecule has 8 heteroatoms. The van der Waals surface area contributed by atoms with Gasteiger partial charge in [-0.05, 0) is 43.5 Å². The van der Waals surface area contributed by atoms with E-state index in [2.05, 4.69) is 10.1 Å². The maximum absolute atomic E-state index is 12.5. The summed E-state index contributed by atoms with van der Waals surface area (Å²) in [5, 5.41) is 14.0. The molecular formula is C20H20N2O5S. The number of hydrogen-bond acceptors (Lipinski definition) is 7. The van der Waals surface area contributed by atoms with E-state index >= 15 is 0 Å². The van der Waals surface area contributed by atoms with Crippen molar-refractivity contribution in [3.8, 4) is 17.6 Å². The van der Waals surface area contributed by atoms with Gasteiger partial charge in [-0.3, -0.25) is 4.79 Å². The van der Waals surface area contributed by atoms with Crippen LogP contribution in [0.2, 0.25) is 0 Å². The second-order valence-electron chi connectivity index (χ2n) is 5.34. The second-order valence-corrected chi connectivity index (χ2v) is 6.26. The fourth-order valence-electron chi connectivity index (χ4n) is 2.32. The molecule has 1 aromatic heterocycles. The summed E-state index contributed by atoms with van der Waals surface area (Å²) in [5.74, 6) is -0.0663. The Morgan fingerprint density at radius 2 is 1.96 bits per heavy atom. The van der Waals surface area contributed by atoms with Crippen molar-refractivity contribution in [2.24, 2.45) is 0 Å². The summed E-state index contributed by atoms with van der Waals surface area (Å²) in [6, 6.07) is 8.59. The van der Waals surface area contributed by atoms with Gasteiger partial charge < -0.3 is 19.5 Å². The van der Waals surface area contributed by atoms with E-state index in [4.69, 9.17) is 9.47 Å². The van der Waals surface area contributed by atoms with Crippen LogP contribution in [-0.4, -0.2) is 32.2 Å². The minimum absolute atomic E-state index is 0.130. The standard InChI is InChI=1S/C20H20N2O5S/c1-4-26-15-7-6-13(17(11-15)27-5-2)10-14(12-21)18(23)22-19-16(8-9-28-19)20(24)25-3/h6-11H,4-5H2,1-3H3,(H,22,23). The van der Waals surface area contributed by atoms with E-state index < -0.39 is 11.9 Å². The highest BCUT2D eigenvalue weighted by Gasteiger charge is 2.18. The quantitative estimate of drug-likeness (QED) is 0.410. The number of nitrogens with zero attached hydrogens (tertiary/aromatic N) is 1. The van der Waals surface area contributed by atoms with Crippen LogP contribution in [0.1, 0.15) is 29.8 Å². The van der Waals surface area contributed by atoms with E-state index in [1.807, 2.05) is 19.9 Å². The van der Waals surface area contributed by atoms with Crippen molar-refractivity contribution in [1.82, 2.24) is 0 Å². The van der Waals surface area contributed by atoms with Crippen molar-refractivity contribution in [2.45, 2.75) is 13.8 Å². The summed E-state index contributed by atoms with van der Waals surface area (Å²) in [6.45, 7) is 4.64. The van der Waals surface area contributed by atoms with E-state index in [0.717, 1.165) is 11.3 Å². The van der Waals surface area contributed by atoms with Crippen LogP contribution in [0.5, 0.6) is 11.5 Å². The lowest BCUT2D eigenvalue weighted by Crippen LogP contribution is -2.15. The number of amides is 1. The van der Waals surface area contributed by atoms with Gasteiger partial charge in [0.15, 0.2) is 0 Å². The molecule has 0 unspecified atom stereocenters. The average molecular weight is 400 g/mol. The Bertz CT molecular complexity index is 927. The molecule has 146 valence electrons. The van der Waals surface area contributed by atoms with Crippen LogP contribution in [0.25, 0.3) is 6.08 Å². The van der Waals surface area contributed by atoms with Crippen LogP contribution >= 0.6 is 11.3 Å². The normalized spacial score (nSPS) is 10.7. The summed E-state index contributed by atoms with van der Waals surface area (Å²) in [5.41, 5.74) is 0.667. The molecule has 0 aliphatic carbocycles. The first-order valence-electron chi connectivity index (χ1n) is 8.52. The number of esters is 1. The molecule has 0 aliphatic rings. The Morgan fingerprint density at radius 1 is 1.21 bits per heavy atom. The van der Waals surface area contributed by atoms with Gasteiger partial charge in [-0.25, -0.2) is 4.79 Å². The van der Waals surface area contributed by atoms with Gasteiger partial charge in [-0.1, -0.05) is 0 Å². The highest BCUT2D eigenvalue weighted by Crippen LogP contribution is 2.28. The average Bonchev–Trinajstić information content (AvgIpc) is 3.15. The molecule has 0 saturated carbocycles. The van der Waals surface area contributed by atoms with Crippen molar-refractivity contribution in [1.29, 1.82) is 5.26 Å². The van der Waals surface area contributed by atoms with Crippen molar-refractivity contribution in [2.75, 3.05) is 25.6 Å². The number of ether oxygens (including phenoxy) is 3.